The van der Waals surface area contributed by atoms with Gasteiger partial charge >= 0.3 is 12.1 Å². The molecule has 3 aliphatic rings. The molecule has 3 fully saturated rings. The fourth-order valence-electron chi connectivity index (χ4n) is 3.97. The fraction of sp³-hybridized carbons (Fsp3) is 0.889. The summed E-state index contributed by atoms with van der Waals surface area (Å²) in [5, 5.41) is 7.12. The van der Waals surface area contributed by atoms with Crippen molar-refractivity contribution in [2.45, 2.75) is 56.5 Å². The molecule has 3 rings (SSSR count). The number of hydrogen-bond acceptors (Lipinski definition) is 5. The van der Waals surface area contributed by atoms with E-state index in [9.17, 15) is 18.0 Å². The zero-order valence-electron chi connectivity index (χ0n) is 16.3. The highest BCUT2D eigenvalue weighted by atomic mass is 19.4. The second-order valence-electron chi connectivity index (χ2n) is 7.68. The molecule has 7 nitrogen and oxygen atoms in total. The molecule has 3 atom stereocenters. The van der Waals surface area contributed by atoms with Crippen molar-refractivity contribution < 1.29 is 37.3 Å². The molecule has 1 N–H and O–H groups in total. The van der Waals surface area contributed by atoms with Crippen LogP contribution in [0.25, 0.3) is 0 Å². The van der Waals surface area contributed by atoms with Crippen molar-refractivity contribution >= 4 is 11.9 Å². The highest BCUT2D eigenvalue weighted by Crippen LogP contribution is 2.33. The molecule has 0 unspecified atom stereocenters. The number of nitrogens with zero attached hydrogens (tertiary/aromatic N) is 2. The van der Waals surface area contributed by atoms with Gasteiger partial charge in [0.05, 0.1) is 6.10 Å². The second kappa shape index (κ2) is 9.89. The highest BCUT2D eigenvalue weighted by Gasteiger charge is 2.42. The minimum Gasteiger partial charge on any atom is -0.475 e. The number of aliphatic carboxylic acids is 1. The van der Waals surface area contributed by atoms with Crippen LogP contribution in [0.3, 0.4) is 0 Å². The smallest absolute Gasteiger partial charge is 0.475 e. The van der Waals surface area contributed by atoms with E-state index in [1.54, 1.807) is 4.90 Å². The number of carboxylic acids is 1. The van der Waals surface area contributed by atoms with Crippen LogP contribution < -0.4 is 0 Å². The van der Waals surface area contributed by atoms with Gasteiger partial charge in [-0.2, -0.15) is 13.2 Å². The quantitative estimate of drug-likeness (QED) is 0.764. The lowest BCUT2D eigenvalue weighted by Crippen LogP contribution is -2.48. The zero-order chi connectivity index (χ0) is 20.9. The molecule has 3 saturated heterocycles. The molecule has 162 valence electrons. The van der Waals surface area contributed by atoms with Gasteiger partial charge in [0, 0.05) is 46.4 Å². The fourth-order valence-corrected chi connectivity index (χ4v) is 3.97. The first kappa shape index (κ1) is 22.9. The standard InChI is InChI=1S/C16H28N2O3.C2HF3O2/c1-17(2)16(19)15-4-3-13-14(21-15)5-8-18(13)11-12-6-9-20-10-7-12;3-2(4,5)1(6)7/h12-15H,3-11H2,1-2H3;(H,6,7)/t13-,14-,15+;/m1./s1. The van der Waals surface area contributed by atoms with Crippen LogP contribution in [-0.4, -0.2) is 91.6 Å². The monoisotopic (exact) mass is 410 g/mol. The molecule has 0 aromatic rings. The number of rotatable bonds is 3. The number of carbonyl (C=O) groups excluding carboxylic acids is 1. The molecule has 0 saturated carbocycles. The third kappa shape index (κ3) is 6.31. The largest absolute Gasteiger partial charge is 0.490 e. The molecule has 28 heavy (non-hydrogen) atoms. The molecule has 0 aliphatic carbocycles. The number of likely N-dealkylation sites (tertiary alicyclic amines) is 1. The third-order valence-corrected chi connectivity index (χ3v) is 5.45. The summed E-state index contributed by atoms with van der Waals surface area (Å²) in [6.07, 6.45) is 0.371. The van der Waals surface area contributed by atoms with Crippen molar-refractivity contribution in [3.63, 3.8) is 0 Å². The van der Waals surface area contributed by atoms with Crippen LogP contribution in [-0.2, 0) is 19.1 Å². The zero-order valence-corrected chi connectivity index (χ0v) is 16.3. The van der Waals surface area contributed by atoms with Crippen LogP contribution in [0.5, 0.6) is 0 Å². The van der Waals surface area contributed by atoms with E-state index in [-0.39, 0.29) is 18.1 Å². The maximum atomic E-state index is 12.1. The predicted octanol–water partition coefficient (Wildman–Crippen LogP) is 1.76. The maximum absolute atomic E-state index is 12.1. The van der Waals surface area contributed by atoms with E-state index in [2.05, 4.69) is 4.90 Å². The average Bonchev–Trinajstić information content (AvgIpc) is 3.03. The Morgan fingerprint density at radius 2 is 1.71 bits per heavy atom. The van der Waals surface area contributed by atoms with Crippen LogP contribution in [0.4, 0.5) is 13.2 Å². The van der Waals surface area contributed by atoms with Gasteiger partial charge in [-0.25, -0.2) is 4.79 Å². The normalized spacial score (nSPS) is 28.8. The average molecular weight is 410 g/mol. The SMILES string of the molecule is CN(C)C(=O)[C@@H]1CC[C@@H]2[C@@H](CCN2CC2CCOCC2)O1.O=C(O)C(F)(F)F. The van der Waals surface area contributed by atoms with Gasteiger partial charge in [-0.05, 0) is 38.0 Å². The lowest BCUT2D eigenvalue weighted by Gasteiger charge is -2.37. The summed E-state index contributed by atoms with van der Waals surface area (Å²) in [4.78, 5) is 25.2. The number of halogens is 3. The van der Waals surface area contributed by atoms with E-state index in [0.29, 0.717) is 6.04 Å². The molecule has 0 spiro atoms. The van der Waals surface area contributed by atoms with Gasteiger partial charge in [-0.15, -0.1) is 0 Å². The number of hydrogen-bond donors (Lipinski definition) is 1. The molecule has 3 heterocycles. The van der Waals surface area contributed by atoms with Gasteiger partial charge in [-0.3, -0.25) is 9.69 Å². The first-order valence-corrected chi connectivity index (χ1v) is 9.58. The second-order valence-corrected chi connectivity index (χ2v) is 7.68. The van der Waals surface area contributed by atoms with Crippen molar-refractivity contribution in [2.75, 3.05) is 40.4 Å². The Hall–Kier alpha value is -1.39. The number of ether oxygens (including phenoxy) is 2. The highest BCUT2D eigenvalue weighted by molar-refractivity contribution is 5.80. The van der Waals surface area contributed by atoms with Crippen molar-refractivity contribution in [1.29, 1.82) is 0 Å². The van der Waals surface area contributed by atoms with E-state index in [4.69, 9.17) is 19.4 Å². The Labute approximate surface area is 162 Å². The van der Waals surface area contributed by atoms with Gasteiger partial charge in [0.25, 0.3) is 5.91 Å². The predicted molar refractivity (Wildman–Crippen MR) is 93.8 cm³/mol. The summed E-state index contributed by atoms with van der Waals surface area (Å²) in [5.41, 5.74) is 0. The van der Waals surface area contributed by atoms with Gasteiger partial charge in [0.1, 0.15) is 6.10 Å². The van der Waals surface area contributed by atoms with Crippen molar-refractivity contribution in [2.24, 2.45) is 5.92 Å². The molecule has 0 radical (unpaired) electrons. The van der Waals surface area contributed by atoms with Crippen LogP contribution in [0.2, 0.25) is 0 Å². The van der Waals surface area contributed by atoms with Crippen molar-refractivity contribution in [3.05, 3.63) is 0 Å². The molecule has 1 amide bonds. The lowest BCUT2D eigenvalue weighted by atomic mass is 9.96. The number of likely N-dealkylation sites (N-methyl/N-ethyl adjacent to an activating group) is 1. The van der Waals surface area contributed by atoms with Crippen LogP contribution in [0.1, 0.15) is 32.1 Å². The molecule has 0 aromatic heterocycles. The van der Waals surface area contributed by atoms with E-state index >= 15 is 0 Å². The topological polar surface area (TPSA) is 79.3 Å². The Kier molecular flexibility index (Phi) is 8.08. The summed E-state index contributed by atoms with van der Waals surface area (Å²) < 4.78 is 43.3. The van der Waals surface area contributed by atoms with E-state index in [0.717, 1.165) is 44.9 Å². The Morgan fingerprint density at radius 3 is 2.25 bits per heavy atom. The number of fused-ring (bicyclic) bond motifs is 1. The first-order valence-electron chi connectivity index (χ1n) is 9.58. The van der Waals surface area contributed by atoms with Crippen LogP contribution in [0.15, 0.2) is 0 Å². The minimum absolute atomic E-state index is 0.122. The molecular weight excluding hydrogens is 381 g/mol. The van der Waals surface area contributed by atoms with Gasteiger partial charge in [-0.1, -0.05) is 0 Å². The molecule has 3 aliphatic heterocycles. The van der Waals surface area contributed by atoms with Gasteiger partial charge in [0.2, 0.25) is 0 Å². The number of carboxylic acid groups (broad SMARTS) is 1. The van der Waals surface area contributed by atoms with E-state index < -0.39 is 12.1 Å². The summed E-state index contributed by atoms with van der Waals surface area (Å²) in [5.74, 6) is -1.86. The van der Waals surface area contributed by atoms with Crippen LogP contribution >= 0.6 is 0 Å². The summed E-state index contributed by atoms with van der Waals surface area (Å²) in [6, 6.07) is 0.527. The number of alkyl halides is 3. The first-order chi connectivity index (χ1) is 13.1. The molecular formula is C18H29F3N2O5. The maximum Gasteiger partial charge on any atom is 0.490 e. The van der Waals surface area contributed by atoms with E-state index in [1.165, 1.54) is 19.4 Å². The third-order valence-electron chi connectivity index (χ3n) is 5.45. The number of carbonyl (C=O) groups is 2. The molecule has 0 bridgehead atoms. The Morgan fingerprint density at radius 1 is 1.11 bits per heavy atom. The molecule has 10 heteroatoms. The minimum atomic E-state index is -5.08. The van der Waals surface area contributed by atoms with Crippen LogP contribution in [0, 0.1) is 5.92 Å². The van der Waals surface area contributed by atoms with Crippen molar-refractivity contribution in [3.8, 4) is 0 Å². The van der Waals surface area contributed by atoms with E-state index in [1.807, 2.05) is 14.1 Å². The summed E-state index contributed by atoms with van der Waals surface area (Å²) >= 11 is 0. The molecule has 0 aromatic carbocycles. The Balaban J connectivity index is 0.000000345. The van der Waals surface area contributed by atoms with Gasteiger partial charge in [0.15, 0.2) is 0 Å². The lowest BCUT2D eigenvalue weighted by molar-refractivity contribution is -0.192. The summed E-state index contributed by atoms with van der Waals surface area (Å²) in [6.45, 7) is 4.14. The van der Waals surface area contributed by atoms with Gasteiger partial charge < -0.3 is 19.5 Å². The Bertz CT molecular complexity index is 538. The number of amides is 1. The van der Waals surface area contributed by atoms with Crippen molar-refractivity contribution in [1.82, 2.24) is 9.80 Å². The summed E-state index contributed by atoms with van der Waals surface area (Å²) in [7, 11) is 3.62.